The summed E-state index contributed by atoms with van der Waals surface area (Å²) in [6, 6.07) is 0. The van der Waals surface area contributed by atoms with Gasteiger partial charge in [0.15, 0.2) is 5.13 Å². The quantitative estimate of drug-likeness (QED) is 0.750. The molecule has 0 unspecified atom stereocenters. The molecule has 0 saturated carbocycles. The van der Waals surface area contributed by atoms with Crippen LogP contribution < -0.4 is 5.32 Å². The molecular formula is C10H18N2S. The minimum absolute atomic E-state index is 1.08. The van der Waals surface area contributed by atoms with Crippen LogP contribution in [0.5, 0.6) is 0 Å². The number of anilines is 1. The summed E-state index contributed by atoms with van der Waals surface area (Å²) in [4.78, 5) is 5.98. The first-order valence-electron chi connectivity index (χ1n) is 5.06. The molecule has 1 aromatic heterocycles. The molecule has 1 heterocycles. The van der Waals surface area contributed by atoms with Gasteiger partial charge >= 0.3 is 0 Å². The van der Waals surface area contributed by atoms with E-state index in [1.807, 2.05) is 32.2 Å². The molecule has 1 N–H and O–H groups in total. The molecule has 2 nitrogen and oxygen atoms in total. The van der Waals surface area contributed by atoms with E-state index in [-0.39, 0.29) is 0 Å². The van der Waals surface area contributed by atoms with Crippen LogP contribution in [0.25, 0.3) is 0 Å². The SMILES string of the molecule is CC.CNc1nc2c(s1)CCCC2. The van der Waals surface area contributed by atoms with Crippen molar-refractivity contribution in [3.05, 3.63) is 10.6 Å². The van der Waals surface area contributed by atoms with E-state index in [4.69, 9.17) is 0 Å². The molecule has 1 aromatic rings. The fraction of sp³-hybridized carbons (Fsp3) is 0.700. The predicted octanol–water partition coefficient (Wildman–Crippen LogP) is 3.09. The van der Waals surface area contributed by atoms with Gasteiger partial charge in [-0.1, -0.05) is 13.8 Å². The zero-order chi connectivity index (χ0) is 9.68. The molecular weight excluding hydrogens is 180 g/mol. The Hall–Kier alpha value is -0.570. The number of fused-ring (bicyclic) bond motifs is 1. The van der Waals surface area contributed by atoms with E-state index in [1.165, 1.54) is 36.3 Å². The number of rotatable bonds is 1. The average molecular weight is 198 g/mol. The Morgan fingerprint density at radius 3 is 2.54 bits per heavy atom. The molecule has 0 fully saturated rings. The maximum absolute atomic E-state index is 4.48. The second-order valence-corrected chi connectivity index (χ2v) is 3.93. The molecule has 0 radical (unpaired) electrons. The number of hydrogen-bond acceptors (Lipinski definition) is 3. The number of aryl methyl sites for hydroxylation is 2. The van der Waals surface area contributed by atoms with Gasteiger partial charge in [-0.15, -0.1) is 11.3 Å². The van der Waals surface area contributed by atoms with Crippen molar-refractivity contribution < 1.29 is 0 Å². The fourth-order valence-corrected chi connectivity index (χ4v) is 2.46. The number of thiazole rings is 1. The summed E-state index contributed by atoms with van der Waals surface area (Å²) in [5.41, 5.74) is 1.34. The number of nitrogens with one attached hydrogen (secondary N) is 1. The third-order valence-electron chi connectivity index (χ3n) is 2.06. The number of nitrogens with zero attached hydrogens (tertiary/aromatic N) is 1. The molecule has 1 aliphatic rings. The van der Waals surface area contributed by atoms with Crippen LogP contribution in [-0.2, 0) is 12.8 Å². The van der Waals surface area contributed by atoms with Crippen LogP contribution in [0.3, 0.4) is 0 Å². The highest BCUT2D eigenvalue weighted by molar-refractivity contribution is 7.15. The summed E-state index contributed by atoms with van der Waals surface area (Å²) in [5, 5.41) is 4.17. The summed E-state index contributed by atoms with van der Waals surface area (Å²) in [7, 11) is 1.93. The summed E-state index contributed by atoms with van der Waals surface area (Å²) in [5.74, 6) is 0. The van der Waals surface area contributed by atoms with E-state index in [0.29, 0.717) is 0 Å². The van der Waals surface area contributed by atoms with Crippen molar-refractivity contribution in [3.63, 3.8) is 0 Å². The van der Waals surface area contributed by atoms with Gasteiger partial charge in [-0.05, 0) is 25.7 Å². The Balaban J connectivity index is 0.000000396. The lowest BCUT2D eigenvalue weighted by molar-refractivity contribution is 0.682. The molecule has 0 atom stereocenters. The third-order valence-corrected chi connectivity index (χ3v) is 3.23. The summed E-state index contributed by atoms with van der Waals surface area (Å²) in [6.07, 6.45) is 5.10. The first-order valence-corrected chi connectivity index (χ1v) is 5.88. The van der Waals surface area contributed by atoms with Gasteiger partial charge in [-0.2, -0.15) is 0 Å². The van der Waals surface area contributed by atoms with Crippen molar-refractivity contribution in [3.8, 4) is 0 Å². The predicted molar refractivity (Wildman–Crippen MR) is 59.7 cm³/mol. The van der Waals surface area contributed by atoms with E-state index in [2.05, 4.69) is 10.3 Å². The Morgan fingerprint density at radius 1 is 1.23 bits per heavy atom. The minimum atomic E-state index is 1.08. The Morgan fingerprint density at radius 2 is 1.92 bits per heavy atom. The molecule has 1 aliphatic carbocycles. The third kappa shape index (κ3) is 2.44. The maximum atomic E-state index is 4.48. The molecule has 0 bridgehead atoms. The van der Waals surface area contributed by atoms with Gasteiger partial charge in [-0.3, -0.25) is 0 Å². The normalized spacial score (nSPS) is 14.1. The molecule has 0 spiro atoms. The van der Waals surface area contributed by atoms with Crippen LogP contribution in [0.2, 0.25) is 0 Å². The molecule has 3 heteroatoms. The lowest BCUT2D eigenvalue weighted by atomic mass is 10.0. The first kappa shape index (κ1) is 10.5. The Labute approximate surface area is 84.4 Å². The highest BCUT2D eigenvalue weighted by Crippen LogP contribution is 2.28. The van der Waals surface area contributed by atoms with Crippen LogP contribution in [-0.4, -0.2) is 12.0 Å². The van der Waals surface area contributed by atoms with Gasteiger partial charge in [0.05, 0.1) is 5.69 Å². The first-order chi connectivity index (χ1) is 6.40. The summed E-state index contributed by atoms with van der Waals surface area (Å²) in [6.45, 7) is 4.00. The molecule has 2 rings (SSSR count). The molecule has 0 aromatic carbocycles. The highest BCUT2D eigenvalue weighted by Gasteiger charge is 2.13. The van der Waals surface area contributed by atoms with Gasteiger partial charge in [-0.25, -0.2) is 4.98 Å². The van der Waals surface area contributed by atoms with E-state index in [1.54, 1.807) is 0 Å². The molecule has 0 aliphatic heterocycles. The minimum Gasteiger partial charge on any atom is -0.365 e. The molecule has 0 amide bonds. The van der Waals surface area contributed by atoms with Gasteiger partial charge < -0.3 is 5.32 Å². The molecule has 13 heavy (non-hydrogen) atoms. The van der Waals surface area contributed by atoms with Gasteiger partial charge in [0, 0.05) is 11.9 Å². The topological polar surface area (TPSA) is 24.9 Å². The van der Waals surface area contributed by atoms with Crippen molar-refractivity contribution in [2.24, 2.45) is 0 Å². The second kappa shape index (κ2) is 5.22. The van der Waals surface area contributed by atoms with Crippen LogP contribution in [0.4, 0.5) is 5.13 Å². The zero-order valence-electron chi connectivity index (χ0n) is 8.68. The average Bonchev–Trinajstić information content (AvgIpc) is 2.63. The second-order valence-electron chi connectivity index (χ2n) is 2.85. The lowest BCUT2D eigenvalue weighted by Gasteiger charge is -2.06. The highest BCUT2D eigenvalue weighted by atomic mass is 32.1. The Bertz CT molecular complexity index is 232. The summed E-state index contributed by atoms with van der Waals surface area (Å²) >= 11 is 1.81. The lowest BCUT2D eigenvalue weighted by Crippen LogP contribution is -1.99. The van der Waals surface area contributed by atoms with Crippen LogP contribution in [0.1, 0.15) is 37.3 Å². The van der Waals surface area contributed by atoms with Crippen molar-refractivity contribution in [1.29, 1.82) is 0 Å². The van der Waals surface area contributed by atoms with Crippen molar-refractivity contribution in [2.45, 2.75) is 39.5 Å². The fourth-order valence-electron chi connectivity index (χ4n) is 1.46. The van der Waals surface area contributed by atoms with E-state index in [0.717, 1.165) is 5.13 Å². The standard InChI is InChI=1S/C8H12N2S.C2H6/c1-9-8-10-6-4-2-3-5-7(6)11-8;1-2/h2-5H2,1H3,(H,9,10);1-2H3. The van der Waals surface area contributed by atoms with E-state index >= 15 is 0 Å². The number of hydrogen-bond donors (Lipinski definition) is 1. The Kier molecular flexibility index (Phi) is 4.22. The van der Waals surface area contributed by atoms with Crippen molar-refractivity contribution in [1.82, 2.24) is 4.98 Å². The monoisotopic (exact) mass is 198 g/mol. The van der Waals surface area contributed by atoms with Gasteiger partial charge in [0.2, 0.25) is 0 Å². The molecule has 0 saturated heterocycles. The zero-order valence-corrected chi connectivity index (χ0v) is 9.50. The van der Waals surface area contributed by atoms with Crippen LogP contribution in [0, 0.1) is 0 Å². The van der Waals surface area contributed by atoms with Gasteiger partial charge in [0.1, 0.15) is 0 Å². The van der Waals surface area contributed by atoms with E-state index in [9.17, 15) is 0 Å². The van der Waals surface area contributed by atoms with Crippen LogP contribution >= 0.6 is 11.3 Å². The van der Waals surface area contributed by atoms with Crippen molar-refractivity contribution >= 4 is 16.5 Å². The van der Waals surface area contributed by atoms with Crippen LogP contribution in [0.15, 0.2) is 0 Å². The maximum Gasteiger partial charge on any atom is 0.182 e. The van der Waals surface area contributed by atoms with Gasteiger partial charge in [0.25, 0.3) is 0 Å². The molecule has 74 valence electrons. The number of aromatic nitrogens is 1. The smallest absolute Gasteiger partial charge is 0.182 e. The summed E-state index contributed by atoms with van der Waals surface area (Å²) < 4.78 is 0. The largest absolute Gasteiger partial charge is 0.365 e. The van der Waals surface area contributed by atoms with Crippen molar-refractivity contribution in [2.75, 3.05) is 12.4 Å². The van der Waals surface area contributed by atoms with E-state index < -0.39 is 0 Å².